The number of likely N-dealkylation sites (tertiary alicyclic amines) is 1. The molecule has 1 amide bonds. The molecule has 2 saturated heterocycles. The molecule has 0 atom stereocenters. The fraction of sp³-hybridized carbons (Fsp3) is 0.484. The molecule has 21 nitrogen and oxygen atoms in total. The molecule has 89 heavy (non-hydrogen) atoms. The molecular formula is C62H80CoF3N12O9S2-. The zero-order valence-corrected chi connectivity index (χ0v) is 53.4. The molecule has 3 aromatic carbocycles. The predicted octanol–water partition coefficient (Wildman–Crippen LogP) is 9.21. The van der Waals surface area contributed by atoms with E-state index in [9.17, 15) is 26.4 Å². The predicted molar refractivity (Wildman–Crippen MR) is 337 cm³/mol. The third-order valence-corrected chi connectivity index (χ3v) is 18.6. The van der Waals surface area contributed by atoms with Crippen molar-refractivity contribution in [3.05, 3.63) is 118 Å². The number of sulfonamides is 1. The van der Waals surface area contributed by atoms with Gasteiger partial charge in [0.05, 0.1) is 81.1 Å². The Balaban J connectivity index is 0.609. The minimum absolute atomic E-state index is 0.154. The number of fused-ring (bicyclic) bond motifs is 1. The van der Waals surface area contributed by atoms with Crippen molar-refractivity contribution >= 4 is 66.5 Å². The number of rotatable bonds is 34. The third-order valence-electron chi connectivity index (χ3n) is 15.6. The standard InChI is InChI=1S/C62H80F3N12O9S2.Co/c1-66-53-38-54(57(39-56(53)73(3)4)75-22-7-6-8-23-75)70-61(78)50-18-14-47(36-59(50)81-5)86-42-46-41-76(72-71-46)27-29-83-31-33-85-35-34-84-32-30-82-28-26-74-24-20-45(21-25-74)69-52-10-9-11-55-51(52)37-58(77(55)43-62(63,64)65)60-19-15-48(87-60)40-68-44-12-16-49(17-13-44)88(79,80)67-2;/h3,10,12-19,36-39,41,45,67-69H,6-9,11,20-35,40,42-43H2,1-2,4-5H3,(H,70,78);/q-1;. The first-order valence-corrected chi connectivity index (χ1v) is 32.9. The first-order valence-electron chi connectivity index (χ1n) is 30.0. The SMILES string of the molecule is C[N-]c1cc(NC(=O)c2ccc(OCc3cn(CCOCCOCCOCCOCCN4CCC(NC5=CCCc6c5cc(-c5ccc(CNc7ccc(S(=O)(=O)NC)cc7)s5)n6CC(F)(F)F)CC4)nn3)cc2OC)c(N2CCCCC2)cc1N(C)[CH]=[Co]. The van der Waals surface area contributed by atoms with Gasteiger partial charge in [-0.15, -0.1) is 16.4 Å². The van der Waals surface area contributed by atoms with Gasteiger partial charge in [-0.25, -0.2) is 17.8 Å². The third kappa shape index (κ3) is 18.8. The van der Waals surface area contributed by atoms with Gasteiger partial charge in [0.15, 0.2) is 0 Å². The maximum atomic E-state index is 14.1. The molecule has 0 unspecified atom stereocenters. The van der Waals surface area contributed by atoms with E-state index in [4.69, 9.17) is 28.4 Å². The minimum atomic E-state index is -4.40. The number of allylic oxidation sites excluding steroid dienone is 1. The van der Waals surface area contributed by atoms with Crippen LogP contribution < -0.4 is 39.9 Å². The number of benzene rings is 3. The number of nitrogens with one attached hydrogen (secondary N) is 4. The average molecular weight is 1320 g/mol. The second-order valence-corrected chi connectivity index (χ2v) is 25.0. The summed E-state index contributed by atoms with van der Waals surface area (Å²) in [6, 6.07) is 21.3. The van der Waals surface area contributed by atoms with Gasteiger partial charge in [-0.05, 0) is 75.2 Å². The maximum absolute atomic E-state index is 14.1. The zero-order valence-electron chi connectivity index (χ0n) is 50.7. The quantitative estimate of drug-likeness (QED) is 0.0277. The van der Waals surface area contributed by atoms with Gasteiger partial charge in [0, 0.05) is 59.7 Å². The van der Waals surface area contributed by atoms with Crippen LogP contribution in [0.2, 0.25) is 0 Å². The van der Waals surface area contributed by atoms with Crippen molar-refractivity contribution in [3.8, 4) is 22.1 Å². The fourth-order valence-electron chi connectivity index (χ4n) is 10.9. The Morgan fingerprint density at radius 1 is 0.888 bits per heavy atom. The van der Waals surface area contributed by atoms with Crippen LogP contribution in [0.3, 0.4) is 0 Å². The molecule has 27 heteroatoms. The number of hydrogen-bond donors (Lipinski definition) is 4. The number of hydrogen-bond acceptors (Lipinski definition) is 17. The van der Waals surface area contributed by atoms with Crippen LogP contribution in [0.15, 0.2) is 90.0 Å². The van der Waals surface area contributed by atoms with Gasteiger partial charge < -0.3 is 43.8 Å². The number of amides is 1. The van der Waals surface area contributed by atoms with E-state index in [2.05, 4.69) is 73.5 Å². The molecule has 1 aliphatic carbocycles. The first kappa shape index (κ1) is 66.9. The van der Waals surface area contributed by atoms with Crippen LogP contribution in [0.5, 0.6) is 11.5 Å². The van der Waals surface area contributed by atoms with Gasteiger partial charge in [0.2, 0.25) is 10.0 Å². The molecule has 0 radical (unpaired) electrons. The van der Waals surface area contributed by atoms with Crippen molar-refractivity contribution in [2.24, 2.45) is 0 Å². The first-order chi connectivity index (χ1) is 43.1. The molecule has 4 N–H and O–H groups in total. The van der Waals surface area contributed by atoms with E-state index >= 15 is 0 Å². The van der Waals surface area contributed by atoms with Crippen molar-refractivity contribution in [3.63, 3.8) is 0 Å². The van der Waals surface area contributed by atoms with E-state index in [1.165, 1.54) is 48.6 Å². The van der Waals surface area contributed by atoms with Crippen molar-refractivity contribution in [2.45, 2.75) is 88.3 Å². The molecule has 485 valence electrons. The average Bonchev–Trinajstić information content (AvgIpc) is 2.05. The summed E-state index contributed by atoms with van der Waals surface area (Å²) in [4.78, 5) is 22.2. The second-order valence-electron chi connectivity index (χ2n) is 21.7. The molecule has 3 aromatic heterocycles. The molecule has 5 heterocycles. The molecule has 0 bridgehead atoms. The van der Waals surface area contributed by atoms with Crippen LogP contribution in [0.25, 0.3) is 21.6 Å². The summed E-state index contributed by atoms with van der Waals surface area (Å²) < 4.78 is 107. The van der Waals surface area contributed by atoms with Crippen molar-refractivity contribution < 1.29 is 70.1 Å². The Kier molecular flexibility index (Phi) is 24.4. The summed E-state index contributed by atoms with van der Waals surface area (Å²) in [7, 11) is 2.96. The second kappa shape index (κ2) is 32.5. The number of ether oxygens (including phenoxy) is 6. The molecule has 0 spiro atoms. The van der Waals surface area contributed by atoms with E-state index in [0.717, 1.165) is 102 Å². The molecule has 2 aliphatic heterocycles. The van der Waals surface area contributed by atoms with E-state index < -0.39 is 22.7 Å². The van der Waals surface area contributed by atoms with Gasteiger partial charge in [-0.1, -0.05) is 11.3 Å². The Morgan fingerprint density at radius 3 is 2.27 bits per heavy atom. The van der Waals surface area contributed by atoms with Gasteiger partial charge in [-0.3, -0.25) is 0 Å². The molecule has 3 aliphatic rings. The fourth-order valence-corrected chi connectivity index (χ4v) is 12.8. The summed E-state index contributed by atoms with van der Waals surface area (Å²) in [6.45, 7) is 7.98. The molecule has 0 saturated carbocycles. The number of piperidine rings is 2. The van der Waals surface area contributed by atoms with Crippen LogP contribution in [0.4, 0.5) is 41.6 Å². The number of thiophene rings is 1. The number of carbonyl (C=O) groups excluding carboxylic acids is 1. The normalized spacial score (nSPS) is 14.9. The van der Waals surface area contributed by atoms with E-state index in [0.29, 0.717) is 119 Å². The Bertz CT molecular complexity index is 3420. The number of carbonyl (C=O) groups is 1. The Morgan fingerprint density at radius 2 is 1.60 bits per heavy atom. The summed E-state index contributed by atoms with van der Waals surface area (Å²) in [6.07, 6.45) is 5.81. The zero-order chi connectivity index (χ0) is 62.8. The Labute approximate surface area is 530 Å². The van der Waals surface area contributed by atoms with Gasteiger partial charge >= 0.3 is 186 Å². The van der Waals surface area contributed by atoms with Crippen molar-refractivity contribution in [2.75, 3.05) is 134 Å². The van der Waals surface area contributed by atoms with Crippen LogP contribution in [-0.4, -0.2) is 170 Å². The van der Waals surface area contributed by atoms with E-state index in [1.807, 2.05) is 36.2 Å². The number of methoxy groups -OCH3 is 1. The van der Waals surface area contributed by atoms with Crippen LogP contribution >= 0.6 is 11.3 Å². The van der Waals surface area contributed by atoms with Gasteiger partial charge in [0.1, 0.15) is 18.8 Å². The van der Waals surface area contributed by atoms with Crippen molar-refractivity contribution in [1.29, 1.82) is 0 Å². The van der Waals surface area contributed by atoms with Crippen LogP contribution in [-0.2, 0) is 76.9 Å². The molecule has 6 aromatic rings. The number of nitrogens with zero attached hydrogens (tertiary/aromatic N) is 8. The number of halogens is 3. The van der Waals surface area contributed by atoms with E-state index in [-0.39, 0.29) is 23.5 Å². The van der Waals surface area contributed by atoms with Crippen molar-refractivity contribution in [1.82, 2.24) is 34.5 Å². The summed E-state index contributed by atoms with van der Waals surface area (Å²) in [5, 5.41) is 24.7. The number of anilines is 4. The molecular weight excluding hydrogens is 1240 g/mol. The summed E-state index contributed by atoms with van der Waals surface area (Å²) in [5.41, 5.74) is 7.85. The number of aromatic nitrogens is 4. The molecule has 9 rings (SSSR count). The number of alkyl halides is 3. The summed E-state index contributed by atoms with van der Waals surface area (Å²) in [5.74, 6) is 0.553. The van der Waals surface area contributed by atoms with Gasteiger partial charge in [-0.2, -0.15) is 13.2 Å². The van der Waals surface area contributed by atoms with Gasteiger partial charge in [0.25, 0.3) is 0 Å². The summed E-state index contributed by atoms with van der Waals surface area (Å²) >= 11 is 5.85. The monoisotopic (exact) mass is 1320 g/mol. The van der Waals surface area contributed by atoms with Crippen LogP contribution in [0.1, 0.15) is 70.7 Å². The topological polar surface area (TPSA) is 214 Å². The Hall–Kier alpha value is -6.53. The van der Waals surface area contributed by atoms with Crippen LogP contribution in [0, 0.1) is 0 Å². The molecule has 2 fully saturated rings. The van der Waals surface area contributed by atoms with E-state index in [1.54, 1.807) is 53.3 Å².